The first-order valence-electron chi connectivity index (χ1n) is 7.21. The Morgan fingerprint density at radius 3 is 2.40 bits per heavy atom. The molecule has 1 rings (SSSR count). The lowest BCUT2D eigenvalue weighted by molar-refractivity contribution is -0.132. The second-order valence-corrected chi connectivity index (χ2v) is 5.26. The Morgan fingerprint density at radius 1 is 1.30 bits per heavy atom. The fraction of sp³-hybridized carbons (Fsp3) is 0.562. The minimum Gasteiger partial charge on any atom is -0.483 e. The van der Waals surface area contributed by atoms with Crippen LogP contribution in [-0.2, 0) is 4.79 Å². The minimum absolute atomic E-state index is 0.0131. The molecule has 0 aliphatic rings. The van der Waals surface area contributed by atoms with Gasteiger partial charge in [-0.3, -0.25) is 4.79 Å². The topological polar surface area (TPSA) is 55.6 Å². The average molecular weight is 278 g/mol. The van der Waals surface area contributed by atoms with E-state index in [1.54, 1.807) is 4.90 Å². The summed E-state index contributed by atoms with van der Waals surface area (Å²) >= 11 is 0. The molecule has 1 aromatic rings. The molecule has 0 aliphatic carbocycles. The van der Waals surface area contributed by atoms with Crippen LogP contribution < -0.4 is 10.5 Å². The molecule has 0 fully saturated rings. The van der Waals surface area contributed by atoms with Crippen molar-refractivity contribution in [1.82, 2.24) is 4.90 Å². The SMILES string of the molecule is CCN(CC)C(=O)COc1cc(C)c(N)cc1C(C)C. The zero-order chi connectivity index (χ0) is 15.3. The van der Waals surface area contributed by atoms with Gasteiger partial charge in [-0.25, -0.2) is 0 Å². The number of benzene rings is 1. The number of anilines is 1. The summed E-state index contributed by atoms with van der Waals surface area (Å²) in [5, 5.41) is 0. The molecular formula is C16H26N2O2. The van der Waals surface area contributed by atoms with Crippen LogP contribution in [0.2, 0.25) is 0 Å². The summed E-state index contributed by atoms with van der Waals surface area (Å²) in [6, 6.07) is 3.86. The Morgan fingerprint density at radius 2 is 1.90 bits per heavy atom. The molecule has 0 bridgehead atoms. The fourth-order valence-corrected chi connectivity index (χ4v) is 2.10. The molecule has 0 aliphatic heterocycles. The van der Waals surface area contributed by atoms with Gasteiger partial charge in [0.2, 0.25) is 0 Å². The Bertz CT molecular complexity index is 466. The molecule has 0 spiro atoms. The van der Waals surface area contributed by atoms with Crippen LogP contribution in [0.3, 0.4) is 0 Å². The number of aryl methyl sites for hydroxylation is 1. The van der Waals surface area contributed by atoms with E-state index < -0.39 is 0 Å². The molecule has 4 nitrogen and oxygen atoms in total. The normalized spacial score (nSPS) is 10.7. The first-order chi connectivity index (χ1) is 9.40. The van der Waals surface area contributed by atoms with Crippen molar-refractivity contribution in [3.63, 3.8) is 0 Å². The molecule has 0 saturated carbocycles. The third kappa shape index (κ3) is 3.89. The van der Waals surface area contributed by atoms with Crippen LogP contribution in [0.15, 0.2) is 12.1 Å². The van der Waals surface area contributed by atoms with Crippen LogP contribution in [0.5, 0.6) is 5.75 Å². The molecule has 0 radical (unpaired) electrons. The zero-order valence-electron chi connectivity index (χ0n) is 13.2. The van der Waals surface area contributed by atoms with Crippen LogP contribution in [0.25, 0.3) is 0 Å². The van der Waals surface area contributed by atoms with Crippen molar-refractivity contribution in [2.75, 3.05) is 25.4 Å². The summed E-state index contributed by atoms with van der Waals surface area (Å²) in [6.07, 6.45) is 0. The van der Waals surface area contributed by atoms with Crippen molar-refractivity contribution >= 4 is 11.6 Å². The number of likely N-dealkylation sites (N-methyl/N-ethyl adjacent to an activating group) is 1. The van der Waals surface area contributed by atoms with Crippen molar-refractivity contribution in [2.24, 2.45) is 0 Å². The summed E-state index contributed by atoms with van der Waals surface area (Å²) in [6.45, 7) is 11.5. The maximum Gasteiger partial charge on any atom is 0.260 e. The monoisotopic (exact) mass is 278 g/mol. The molecular weight excluding hydrogens is 252 g/mol. The maximum atomic E-state index is 12.0. The predicted molar refractivity (Wildman–Crippen MR) is 83.1 cm³/mol. The maximum absolute atomic E-state index is 12.0. The summed E-state index contributed by atoms with van der Waals surface area (Å²) in [5.74, 6) is 1.07. The van der Waals surface area contributed by atoms with Crippen molar-refractivity contribution in [2.45, 2.75) is 40.5 Å². The van der Waals surface area contributed by atoms with Gasteiger partial charge < -0.3 is 15.4 Å². The highest BCUT2D eigenvalue weighted by Crippen LogP contribution is 2.30. The number of nitrogens with two attached hydrogens (primary N) is 1. The predicted octanol–water partition coefficient (Wildman–Crippen LogP) is 2.95. The summed E-state index contributed by atoms with van der Waals surface area (Å²) in [5.41, 5.74) is 8.72. The molecule has 112 valence electrons. The summed E-state index contributed by atoms with van der Waals surface area (Å²) in [7, 11) is 0. The molecule has 0 aromatic heterocycles. The van der Waals surface area contributed by atoms with Crippen molar-refractivity contribution in [3.8, 4) is 5.75 Å². The highest BCUT2D eigenvalue weighted by molar-refractivity contribution is 5.77. The number of ether oxygens (including phenoxy) is 1. The van der Waals surface area contributed by atoms with E-state index in [1.807, 2.05) is 32.9 Å². The van der Waals surface area contributed by atoms with E-state index in [9.17, 15) is 4.79 Å². The molecule has 0 unspecified atom stereocenters. The van der Waals surface area contributed by atoms with Crippen molar-refractivity contribution in [3.05, 3.63) is 23.3 Å². The molecule has 0 atom stereocenters. The molecule has 4 heteroatoms. The lowest BCUT2D eigenvalue weighted by atomic mass is 9.99. The number of carbonyl (C=O) groups is 1. The zero-order valence-corrected chi connectivity index (χ0v) is 13.2. The minimum atomic E-state index is 0.0131. The molecule has 0 heterocycles. The average Bonchev–Trinajstić information content (AvgIpc) is 2.40. The molecule has 1 aromatic carbocycles. The van der Waals surface area contributed by atoms with Gasteiger partial charge in [0.1, 0.15) is 5.75 Å². The van der Waals surface area contributed by atoms with Crippen LogP contribution in [-0.4, -0.2) is 30.5 Å². The van der Waals surface area contributed by atoms with E-state index in [4.69, 9.17) is 10.5 Å². The van der Waals surface area contributed by atoms with Crippen molar-refractivity contribution < 1.29 is 9.53 Å². The first kappa shape index (κ1) is 16.3. The van der Waals surface area contributed by atoms with Crippen molar-refractivity contribution in [1.29, 1.82) is 0 Å². The fourth-order valence-electron chi connectivity index (χ4n) is 2.10. The van der Waals surface area contributed by atoms with Gasteiger partial charge in [-0.2, -0.15) is 0 Å². The second kappa shape index (κ2) is 7.17. The third-order valence-electron chi connectivity index (χ3n) is 3.49. The van der Waals surface area contributed by atoms with Crippen LogP contribution in [0.1, 0.15) is 44.7 Å². The Balaban J connectivity index is 2.87. The van der Waals surface area contributed by atoms with Gasteiger partial charge in [0.15, 0.2) is 6.61 Å². The Labute approximate surface area is 121 Å². The number of nitrogens with zero attached hydrogens (tertiary/aromatic N) is 1. The number of hydrogen-bond acceptors (Lipinski definition) is 3. The van der Waals surface area contributed by atoms with Gasteiger partial charge in [-0.15, -0.1) is 0 Å². The smallest absolute Gasteiger partial charge is 0.260 e. The third-order valence-corrected chi connectivity index (χ3v) is 3.49. The summed E-state index contributed by atoms with van der Waals surface area (Å²) in [4.78, 5) is 13.8. The standard InChI is InChI=1S/C16H26N2O2/c1-6-18(7-2)16(19)10-20-15-8-12(5)14(17)9-13(15)11(3)4/h8-9,11H,6-7,10,17H2,1-5H3. The van der Waals surface area contributed by atoms with Gasteiger partial charge in [-0.05, 0) is 49.9 Å². The number of hydrogen-bond donors (Lipinski definition) is 1. The molecule has 2 N–H and O–H groups in total. The van der Waals surface area contributed by atoms with Crippen LogP contribution in [0, 0.1) is 6.92 Å². The quantitative estimate of drug-likeness (QED) is 0.814. The van der Waals surface area contributed by atoms with E-state index in [-0.39, 0.29) is 12.5 Å². The number of carbonyl (C=O) groups excluding carboxylic acids is 1. The molecule has 0 saturated heterocycles. The van der Waals surface area contributed by atoms with E-state index in [0.29, 0.717) is 19.0 Å². The summed E-state index contributed by atoms with van der Waals surface area (Å²) < 4.78 is 5.73. The van der Waals surface area contributed by atoms with Crippen LogP contribution >= 0.6 is 0 Å². The van der Waals surface area contributed by atoms with Gasteiger partial charge in [0.05, 0.1) is 0 Å². The highest BCUT2D eigenvalue weighted by Gasteiger charge is 2.14. The van der Waals surface area contributed by atoms with Crippen LogP contribution in [0.4, 0.5) is 5.69 Å². The molecule has 20 heavy (non-hydrogen) atoms. The molecule has 1 amide bonds. The first-order valence-corrected chi connectivity index (χ1v) is 7.21. The van der Waals surface area contributed by atoms with E-state index >= 15 is 0 Å². The Kier molecular flexibility index (Phi) is 5.86. The second-order valence-electron chi connectivity index (χ2n) is 5.26. The highest BCUT2D eigenvalue weighted by atomic mass is 16.5. The van der Waals surface area contributed by atoms with Gasteiger partial charge in [0.25, 0.3) is 5.91 Å². The lowest BCUT2D eigenvalue weighted by Crippen LogP contribution is -2.34. The Hall–Kier alpha value is -1.71. The largest absolute Gasteiger partial charge is 0.483 e. The number of nitrogen functional groups attached to an aromatic ring is 1. The van der Waals surface area contributed by atoms with E-state index in [1.165, 1.54) is 0 Å². The lowest BCUT2D eigenvalue weighted by Gasteiger charge is -2.20. The van der Waals surface area contributed by atoms with Gasteiger partial charge in [-0.1, -0.05) is 13.8 Å². The van der Waals surface area contributed by atoms with E-state index in [2.05, 4.69) is 13.8 Å². The van der Waals surface area contributed by atoms with E-state index in [0.717, 1.165) is 22.6 Å². The van der Waals surface area contributed by atoms with Gasteiger partial charge in [0, 0.05) is 18.8 Å². The van der Waals surface area contributed by atoms with Gasteiger partial charge >= 0.3 is 0 Å². The number of rotatable bonds is 6. The number of amides is 1.